The Labute approximate surface area is 164 Å². The molecule has 3 aromatic rings. The molecule has 2 heterocycles. The average molecular weight is 451 g/mol. The number of hydrogen-bond donors (Lipinski definition) is 2. The van der Waals surface area contributed by atoms with Crippen molar-refractivity contribution in [3.8, 4) is 5.69 Å². The second kappa shape index (κ2) is 9.87. The quantitative estimate of drug-likeness (QED) is 0.343. The molecule has 0 unspecified atom stereocenters. The van der Waals surface area contributed by atoms with Crippen molar-refractivity contribution in [1.82, 2.24) is 20.4 Å². The minimum Gasteiger partial charge on any atom is -0.467 e. The zero-order valence-corrected chi connectivity index (χ0v) is 16.4. The highest BCUT2D eigenvalue weighted by Gasteiger charge is 2.01. The summed E-state index contributed by atoms with van der Waals surface area (Å²) in [7, 11) is 0. The molecule has 132 valence electrons. The highest BCUT2D eigenvalue weighted by atomic mass is 127. The van der Waals surface area contributed by atoms with Gasteiger partial charge in [-0.05, 0) is 42.8 Å². The molecule has 6 nitrogen and oxygen atoms in total. The second-order valence-electron chi connectivity index (χ2n) is 5.25. The maximum absolute atomic E-state index is 5.32. The van der Waals surface area contributed by atoms with Crippen molar-refractivity contribution in [2.24, 2.45) is 4.99 Å². The van der Waals surface area contributed by atoms with Gasteiger partial charge in [-0.2, -0.15) is 5.10 Å². The Bertz CT molecular complexity index is 751. The summed E-state index contributed by atoms with van der Waals surface area (Å²) >= 11 is 0. The molecular weight excluding hydrogens is 429 g/mol. The highest BCUT2D eigenvalue weighted by molar-refractivity contribution is 14.0. The SMILES string of the molecule is CCNC(=NCc1ccc(-n2cccn2)cc1)NCc1ccco1.I. The summed E-state index contributed by atoms with van der Waals surface area (Å²) in [6, 6.07) is 13.9. The zero-order chi connectivity index (χ0) is 16.6. The van der Waals surface area contributed by atoms with Crippen LogP contribution in [0.2, 0.25) is 0 Å². The molecule has 0 aliphatic carbocycles. The summed E-state index contributed by atoms with van der Waals surface area (Å²) in [5.41, 5.74) is 2.18. The Hall–Kier alpha value is -2.29. The third kappa shape index (κ3) is 5.63. The van der Waals surface area contributed by atoms with Gasteiger partial charge in [0.2, 0.25) is 0 Å². The molecule has 0 atom stereocenters. The van der Waals surface area contributed by atoms with Crippen LogP contribution in [0.15, 0.2) is 70.5 Å². The smallest absolute Gasteiger partial charge is 0.191 e. The minimum absolute atomic E-state index is 0. The average Bonchev–Trinajstić information content (AvgIpc) is 3.31. The van der Waals surface area contributed by atoms with Crippen molar-refractivity contribution >= 4 is 29.9 Å². The first-order chi connectivity index (χ1) is 11.8. The van der Waals surface area contributed by atoms with Crippen LogP contribution in [0.1, 0.15) is 18.2 Å². The first kappa shape index (κ1) is 19.0. The lowest BCUT2D eigenvalue weighted by atomic mass is 10.2. The largest absolute Gasteiger partial charge is 0.467 e. The van der Waals surface area contributed by atoms with Gasteiger partial charge < -0.3 is 15.1 Å². The summed E-state index contributed by atoms with van der Waals surface area (Å²) in [5, 5.41) is 10.7. The number of halogens is 1. The van der Waals surface area contributed by atoms with Crippen molar-refractivity contribution in [3.05, 3.63) is 72.4 Å². The number of nitrogens with one attached hydrogen (secondary N) is 2. The number of nitrogens with zero attached hydrogens (tertiary/aromatic N) is 3. The van der Waals surface area contributed by atoms with Gasteiger partial charge >= 0.3 is 0 Å². The van der Waals surface area contributed by atoms with Crippen molar-refractivity contribution < 1.29 is 4.42 Å². The standard InChI is InChI=1S/C18H21N5O.HI/c1-2-19-18(21-14-17-5-3-12-24-17)20-13-15-6-8-16(9-7-15)23-11-4-10-22-23;/h3-12H,2,13-14H2,1H3,(H2,19,20,21);1H. The van der Waals surface area contributed by atoms with Gasteiger partial charge in [0, 0.05) is 18.9 Å². The molecule has 0 bridgehead atoms. The van der Waals surface area contributed by atoms with E-state index in [4.69, 9.17) is 4.42 Å². The fourth-order valence-corrected chi connectivity index (χ4v) is 2.27. The van der Waals surface area contributed by atoms with Crippen LogP contribution in [0.4, 0.5) is 0 Å². The molecule has 1 aromatic carbocycles. The van der Waals surface area contributed by atoms with E-state index >= 15 is 0 Å². The van der Waals surface area contributed by atoms with Crippen LogP contribution < -0.4 is 10.6 Å². The van der Waals surface area contributed by atoms with E-state index in [-0.39, 0.29) is 24.0 Å². The van der Waals surface area contributed by atoms with Gasteiger partial charge in [-0.3, -0.25) is 0 Å². The molecule has 3 rings (SSSR count). The topological polar surface area (TPSA) is 67.4 Å². The van der Waals surface area contributed by atoms with Crippen LogP contribution >= 0.6 is 24.0 Å². The number of aromatic nitrogens is 2. The van der Waals surface area contributed by atoms with Crippen molar-refractivity contribution in [3.63, 3.8) is 0 Å². The molecule has 0 saturated heterocycles. The number of furan rings is 1. The van der Waals surface area contributed by atoms with Crippen LogP contribution in [0.25, 0.3) is 5.69 Å². The molecule has 0 radical (unpaired) electrons. The van der Waals surface area contributed by atoms with Crippen LogP contribution in [-0.2, 0) is 13.1 Å². The lowest BCUT2D eigenvalue weighted by Crippen LogP contribution is -2.36. The van der Waals surface area contributed by atoms with Gasteiger partial charge in [0.05, 0.1) is 25.0 Å². The number of rotatable bonds is 6. The van der Waals surface area contributed by atoms with Crippen LogP contribution in [0, 0.1) is 0 Å². The molecule has 2 N–H and O–H groups in total. The molecule has 0 saturated carbocycles. The Morgan fingerprint density at radius 1 is 1.16 bits per heavy atom. The van der Waals surface area contributed by atoms with E-state index in [0.717, 1.165) is 29.5 Å². The summed E-state index contributed by atoms with van der Waals surface area (Å²) < 4.78 is 7.16. The van der Waals surface area contributed by atoms with Gasteiger partial charge in [0.25, 0.3) is 0 Å². The number of hydrogen-bond acceptors (Lipinski definition) is 3. The molecular formula is C18H22IN5O. The molecule has 25 heavy (non-hydrogen) atoms. The first-order valence-electron chi connectivity index (χ1n) is 7.98. The fourth-order valence-electron chi connectivity index (χ4n) is 2.27. The predicted octanol–water partition coefficient (Wildman–Crippen LogP) is 3.34. The number of guanidine groups is 1. The van der Waals surface area contributed by atoms with E-state index in [0.29, 0.717) is 13.1 Å². The van der Waals surface area contributed by atoms with Gasteiger partial charge in [-0.15, -0.1) is 24.0 Å². The predicted molar refractivity (Wildman–Crippen MR) is 109 cm³/mol. The molecule has 0 fully saturated rings. The monoisotopic (exact) mass is 451 g/mol. The Morgan fingerprint density at radius 2 is 2.00 bits per heavy atom. The van der Waals surface area contributed by atoms with Gasteiger partial charge in [0.15, 0.2) is 5.96 Å². The Kier molecular flexibility index (Phi) is 7.52. The van der Waals surface area contributed by atoms with E-state index in [1.807, 2.05) is 48.1 Å². The maximum Gasteiger partial charge on any atom is 0.191 e. The third-order valence-corrected chi connectivity index (χ3v) is 3.48. The summed E-state index contributed by atoms with van der Waals surface area (Å²) in [6.07, 6.45) is 5.36. The normalized spacial score (nSPS) is 11.0. The summed E-state index contributed by atoms with van der Waals surface area (Å²) in [4.78, 5) is 4.61. The molecule has 2 aromatic heterocycles. The third-order valence-electron chi connectivity index (χ3n) is 3.48. The van der Waals surface area contributed by atoms with Crippen LogP contribution in [0.3, 0.4) is 0 Å². The fraction of sp³-hybridized carbons (Fsp3) is 0.222. The highest BCUT2D eigenvalue weighted by Crippen LogP contribution is 2.09. The van der Waals surface area contributed by atoms with E-state index in [1.54, 1.807) is 12.5 Å². The summed E-state index contributed by atoms with van der Waals surface area (Å²) in [5.74, 6) is 1.65. The number of benzene rings is 1. The number of aliphatic imine (C=N–C) groups is 1. The molecule has 0 spiro atoms. The van der Waals surface area contributed by atoms with Gasteiger partial charge in [0.1, 0.15) is 5.76 Å². The zero-order valence-electron chi connectivity index (χ0n) is 14.1. The lowest BCUT2D eigenvalue weighted by molar-refractivity contribution is 0.501. The van der Waals surface area contributed by atoms with Crippen molar-refractivity contribution in [1.29, 1.82) is 0 Å². The molecule has 0 aliphatic rings. The van der Waals surface area contributed by atoms with Crippen molar-refractivity contribution in [2.75, 3.05) is 6.54 Å². The van der Waals surface area contributed by atoms with Gasteiger partial charge in [-0.25, -0.2) is 9.67 Å². The van der Waals surface area contributed by atoms with E-state index < -0.39 is 0 Å². The van der Waals surface area contributed by atoms with E-state index in [1.165, 1.54) is 0 Å². The lowest BCUT2D eigenvalue weighted by Gasteiger charge is -2.10. The minimum atomic E-state index is 0. The maximum atomic E-state index is 5.32. The second-order valence-corrected chi connectivity index (χ2v) is 5.25. The van der Waals surface area contributed by atoms with E-state index in [2.05, 4.69) is 32.9 Å². The van der Waals surface area contributed by atoms with Crippen LogP contribution in [-0.4, -0.2) is 22.3 Å². The molecule has 0 aliphatic heterocycles. The first-order valence-corrected chi connectivity index (χ1v) is 7.98. The van der Waals surface area contributed by atoms with Crippen molar-refractivity contribution in [2.45, 2.75) is 20.0 Å². The molecule has 0 amide bonds. The summed E-state index contributed by atoms with van der Waals surface area (Å²) in [6.45, 7) is 4.06. The Morgan fingerprint density at radius 3 is 2.64 bits per heavy atom. The van der Waals surface area contributed by atoms with Gasteiger partial charge in [-0.1, -0.05) is 12.1 Å². The molecule has 7 heteroatoms. The van der Waals surface area contributed by atoms with Crippen LogP contribution in [0.5, 0.6) is 0 Å². The van der Waals surface area contributed by atoms with E-state index in [9.17, 15) is 0 Å². The Balaban J connectivity index is 0.00000225.